The second-order valence-corrected chi connectivity index (χ2v) is 20.6. The maximum absolute atomic E-state index is 12.8. The number of rotatable bonds is 56. The smallest absolute Gasteiger partial charge is 0.306 e. The molecule has 0 aliphatic carbocycles. The molecular weight excluding hydrogens is 913 g/mol. The third kappa shape index (κ3) is 59.2. The van der Waals surface area contributed by atoms with Crippen molar-refractivity contribution in [2.24, 2.45) is 0 Å². The van der Waals surface area contributed by atoms with Crippen LogP contribution in [0.2, 0.25) is 0 Å². The zero-order chi connectivity index (χ0) is 53.6. The molecule has 0 saturated heterocycles. The summed E-state index contributed by atoms with van der Waals surface area (Å²) in [5, 5.41) is 0. The van der Waals surface area contributed by atoms with Crippen LogP contribution in [0.15, 0.2) is 97.2 Å². The molecule has 0 radical (unpaired) electrons. The fourth-order valence-corrected chi connectivity index (χ4v) is 8.65. The lowest BCUT2D eigenvalue weighted by molar-refractivity contribution is -0.167. The summed E-state index contributed by atoms with van der Waals surface area (Å²) >= 11 is 0. The van der Waals surface area contributed by atoms with E-state index in [9.17, 15) is 14.4 Å². The zero-order valence-electron chi connectivity index (χ0n) is 48.6. The average molecular weight is 1030 g/mol. The summed E-state index contributed by atoms with van der Waals surface area (Å²) in [5.41, 5.74) is 0. The van der Waals surface area contributed by atoms with Crippen LogP contribution in [0.25, 0.3) is 0 Å². The van der Waals surface area contributed by atoms with Crippen molar-refractivity contribution in [1.82, 2.24) is 0 Å². The van der Waals surface area contributed by atoms with Crippen LogP contribution in [-0.4, -0.2) is 37.2 Å². The van der Waals surface area contributed by atoms with Gasteiger partial charge in [0.1, 0.15) is 13.2 Å². The van der Waals surface area contributed by atoms with Crippen molar-refractivity contribution in [3.8, 4) is 0 Å². The Kier molecular flexibility index (Phi) is 58.8. The predicted molar refractivity (Wildman–Crippen MR) is 320 cm³/mol. The maximum Gasteiger partial charge on any atom is 0.306 e. The topological polar surface area (TPSA) is 78.9 Å². The number of ether oxygens (including phenoxy) is 3. The van der Waals surface area contributed by atoms with E-state index in [4.69, 9.17) is 14.2 Å². The van der Waals surface area contributed by atoms with E-state index >= 15 is 0 Å². The molecule has 74 heavy (non-hydrogen) atoms. The minimum Gasteiger partial charge on any atom is -0.462 e. The first-order chi connectivity index (χ1) is 36.5. The van der Waals surface area contributed by atoms with Crippen molar-refractivity contribution in [2.75, 3.05) is 13.2 Å². The van der Waals surface area contributed by atoms with Crippen molar-refractivity contribution in [2.45, 2.75) is 303 Å². The van der Waals surface area contributed by atoms with Gasteiger partial charge in [-0.05, 0) is 103 Å². The van der Waals surface area contributed by atoms with Crippen LogP contribution < -0.4 is 0 Å². The highest BCUT2D eigenvalue weighted by Crippen LogP contribution is 2.16. The fourth-order valence-electron chi connectivity index (χ4n) is 8.65. The Hall–Kier alpha value is -3.67. The van der Waals surface area contributed by atoms with E-state index in [1.165, 1.54) is 141 Å². The summed E-state index contributed by atoms with van der Waals surface area (Å²) < 4.78 is 16.8. The number of hydrogen-bond acceptors (Lipinski definition) is 6. The van der Waals surface area contributed by atoms with Crippen molar-refractivity contribution in [3.05, 3.63) is 97.2 Å². The summed E-state index contributed by atoms with van der Waals surface area (Å²) in [6, 6.07) is 0. The van der Waals surface area contributed by atoms with E-state index < -0.39 is 6.10 Å². The normalized spacial score (nSPS) is 12.7. The molecule has 0 saturated carbocycles. The molecule has 0 N–H and O–H groups in total. The Balaban J connectivity index is 4.03. The Bertz CT molecular complexity index is 1460. The molecule has 0 heterocycles. The lowest BCUT2D eigenvalue weighted by atomic mass is 10.0. The maximum atomic E-state index is 12.8. The Morgan fingerprint density at radius 1 is 0.284 bits per heavy atom. The molecule has 6 heteroatoms. The van der Waals surface area contributed by atoms with Crippen LogP contribution in [0.3, 0.4) is 0 Å². The molecule has 0 amide bonds. The Morgan fingerprint density at radius 2 is 0.527 bits per heavy atom. The van der Waals surface area contributed by atoms with Crippen LogP contribution in [0, 0.1) is 0 Å². The highest BCUT2D eigenvalue weighted by Gasteiger charge is 2.19. The van der Waals surface area contributed by atoms with E-state index in [0.29, 0.717) is 19.3 Å². The minimum atomic E-state index is -0.777. The van der Waals surface area contributed by atoms with Crippen molar-refractivity contribution in [3.63, 3.8) is 0 Å². The number of hydrogen-bond donors (Lipinski definition) is 0. The van der Waals surface area contributed by atoms with E-state index in [0.717, 1.165) is 116 Å². The molecule has 0 aliphatic rings. The van der Waals surface area contributed by atoms with Gasteiger partial charge in [0.05, 0.1) is 0 Å². The van der Waals surface area contributed by atoms with Gasteiger partial charge in [-0.3, -0.25) is 14.4 Å². The fraction of sp³-hybridized carbons (Fsp3) is 0.721. The standard InChI is InChI=1S/C68H116O6/c1-4-7-10-13-16-18-20-22-24-25-26-27-28-29-30-31-32-33-34-35-36-37-38-39-40-41-42-43-44-46-47-49-52-55-58-61-67(70)73-64-65(63-72-66(69)60-57-54-51-15-12-9-6-3)74-68(71)62-59-56-53-50-48-45-23-21-19-17-14-11-8-5-2/h7,10,16,18,21-24,26-27,29-30,32-33,35-36,65H,4-6,8-9,11-15,17,19-20,25,28,31,34,37-64H2,1-3H3/b10-7-,18-16-,23-21-,24-22-,27-26-,30-29-,33-32-,36-35-. The van der Waals surface area contributed by atoms with Gasteiger partial charge in [-0.2, -0.15) is 0 Å². The first-order valence-corrected chi connectivity index (χ1v) is 31.2. The molecular formula is C68H116O6. The van der Waals surface area contributed by atoms with Gasteiger partial charge in [0, 0.05) is 19.3 Å². The van der Waals surface area contributed by atoms with Crippen LogP contribution in [0.1, 0.15) is 297 Å². The SMILES string of the molecule is CC/C=C\C/C=C\C/C=C\C/C=C\C/C=C\C/C=C\C/C=C\CCCCCCCCCCCCCCCC(=O)OCC(COC(=O)CCCCCCCCC)OC(=O)CCCCCCC/C=C\CCCCCCC. The second kappa shape index (κ2) is 61.9. The van der Waals surface area contributed by atoms with Crippen LogP contribution in [-0.2, 0) is 28.6 Å². The van der Waals surface area contributed by atoms with Gasteiger partial charge in [-0.25, -0.2) is 0 Å². The third-order valence-electron chi connectivity index (χ3n) is 13.3. The molecule has 0 aliphatic heterocycles. The molecule has 0 rings (SSSR count). The second-order valence-electron chi connectivity index (χ2n) is 20.6. The van der Waals surface area contributed by atoms with Gasteiger partial charge in [0.25, 0.3) is 0 Å². The first kappa shape index (κ1) is 70.3. The monoisotopic (exact) mass is 1030 g/mol. The highest BCUT2D eigenvalue weighted by molar-refractivity contribution is 5.71. The van der Waals surface area contributed by atoms with E-state index in [1.54, 1.807) is 0 Å². The van der Waals surface area contributed by atoms with Gasteiger partial charge in [-0.15, -0.1) is 0 Å². The van der Waals surface area contributed by atoms with Crippen molar-refractivity contribution >= 4 is 17.9 Å². The third-order valence-corrected chi connectivity index (χ3v) is 13.3. The van der Waals surface area contributed by atoms with Gasteiger partial charge in [-0.1, -0.05) is 272 Å². The minimum absolute atomic E-state index is 0.0776. The number of allylic oxidation sites excluding steroid dienone is 16. The molecule has 0 spiro atoms. The summed E-state index contributed by atoms with van der Waals surface area (Å²) in [6.45, 7) is 6.48. The van der Waals surface area contributed by atoms with Gasteiger partial charge < -0.3 is 14.2 Å². The molecule has 424 valence electrons. The highest BCUT2D eigenvalue weighted by atomic mass is 16.6. The van der Waals surface area contributed by atoms with Crippen LogP contribution in [0.4, 0.5) is 0 Å². The molecule has 0 aromatic heterocycles. The molecule has 0 fully saturated rings. The zero-order valence-corrected chi connectivity index (χ0v) is 48.6. The number of carbonyl (C=O) groups is 3. The molecule has 6 nitrogen and oxygen atoms in total. The van der Waals surface area contributed by atoms with E-state index in [-0.39, 0.29) is 31.1 Å². The van der Waals surface area contributed by atoms with Crippen molar-refractivity contribution in [1.29, 1.82) is 0 Å². The number of unbranched alkanes of at least 4 members (excludes halogenated alkanes) is 29. The Morgan fingerprint density at radius 3 is 0.838 bits per heavy atom. The summed E-state index contributed by atoms with van der Waals surface area (Å²) in [6.07, 6.45) is 83.0. The first-order valence-electron chi connectivity index (χ1n) is 31.2. The molecule has 0 bridgehead atoms. The van der Waals surface area contributed by atoms with E-state index in [2.05, 4.69) is 118 Å². The summed E-state index contributed by atoms with van der Waals surface area (Å²) in [5.74, 6) is -0.888. The van der Waals surface area contributed by atoms with Gasteiger partial charge in [0.15, 0.2) is 6.10 Å². The van der Waals surface area contributed by atoms with Crippen molar-refractivity contribution < 1.29 is 28.6 Å². The number of esters is 3. The molecule has 1 atom stereocenters. The summed E-state index contributed by atoms with van der Waals surface area (Å²) in [7, 11) is 0. The Labute approximate surface area is 457 Å². The molecule has 0 aromatic carbocycles. The van der Waals surface area contributed by atoms with E-state index in [1.807, 2.05) is 0 Å². The largest absolute Gasteiger partial charge is 0.462 e. The van der Waals surface area contributed by atoms with Crippen LogP contribution in [0.5, 0.6) is 0 Å². The number of carbonyl (C=O) groups excluding carboxylic acids is 3. The molecule has 0 aromatic rings. The summed E-state index contributed by atoms with van der Waals surface area (Å²) in [4.78, 5) is 38.0. The lowest BCUT2D eigenvalue weighted by Gasteiger charge is -2.18. The molecule has 1 unspecified atom stereocenters. The van der Waals surface area contributed by atoms with Gasteiger partial charge in [0.2, 0.25) is 0 Å². The lowest BCUT2D eigenvalue weighted by Crippen LogP contribution is -2.30. The van der Waals surface area contributed by atoms with Gasteiger partial charge >= 0.3 is 17.9 Å². The average Bonchev–Trinajstić information content (AvgIpc) is 3.40. The quantitative estimate of drug-likeness (QED) is 0.0261. The van der Waals surface area contributed by atoms with Crippen LogP contribution >= 0.6 is 0 Å². The predicted octanol–water partition coefficient (Wildman–Crippen LogP) is 21.3.